The number of hydrogen-bond acceptors (Lipinski definition) is 2. The minimum absolute atomic E-state index is 0. The van der Waals surface area contributed by atoms with Crippen molar-refractivity contribution in [2.24, 2.45) is 11.7 Å². The number of aliphatic hydroxyl groups excluding tert-OH is 1. The van der Waals surface area contributed by atoms with E-state index in [4.69, 9.17) is 5.73 Å². The summed E-state index contributed by atoms with van der Waals surface area (Å²) in [6.07, 6.45) is 1.40. The van der Waals surface area contributed by atoms with E-state index < -0.39 is 12.1 Å². The van der Waals surface area contributed by atoms with Gasteiger partial charge in [-0.25, -0.2) is 4.39 Å². The fourth-order valence-electron chi connectivity index (χ4n) is 1.66. The number of nitrogens with two attached hydrogens (primary N) is 1. The van der Waals surface area contributed by atoms with Crippen LogP contribution < -0.4 is 5.73 Å². The minimum Gasteiger partial charge on any atom is -0.391 e. The van der Waals surface area contributed by atoms with E-state index in [0.29, 0.717) is 5.56 Å². The summed E-state index contributed by atoms with van der Waals surface area (Å²) in [5, 5.41) is 9.74. The molecule has 1 saturated carbocycles. The Morgan fingerprint density at radius 1 is 1.33 bits per heavy atom. The monoisotopic (exact) mass is 231 g/mol. The van der Waals surface area contributed by atoms with Gasteiger partial charge in [0.2, 0.25) is 0 Å². The lowest BCUT2D eigenvalue weighted by Gasteiger charge is -2.19. The molecule has 3 N–H and O–H groups in total. The second-order valence-corrected chi connectivity index (χ2v) is 3.88. The number of aliphatic hydroxyl groups is 1. The van der Waals surface area contributed by atoms with Crippen molar-refractivity contribution < 1.29 is 9.50 Å². The largest absolute Gasteiger partial charge is 0.391 e. The van der Waals surface area contributed by atoms with Crippen LogP contribution in [0.15, 0.2) is 24.3 Å². The van der Waals surface area contributed by atoms with Gasteiger partial charge in [0.1, 0.15) is 5.82 Å². The zero-order valence-corrected chi connectivity index (χ0v) is 9.08. The van der Waals surface area contributed by atoms with Crippen molar-refractivity contribution in [3.63, 3.8) is 0 Å². The highest BCUT2D eigenvalue weighted by Crippen LogP contribution is 2.37. The highest BCUT2D eigenvalue weighted by atomic mass is 35.5. The van der Waals surface area contributed by atoms with Gasteiger partial charge in [-0.1, -0.05) is 18.2 Å². The van der Waals surface area contributed by atoms with Crippen LogP contribution in [-0.4, -0.2) is 11.2 Å². The van der Waals surface area contributed by atoms with Gasteiger partial charge in [0, 0.05) is 5.56 Å². The number of rotatable bonds is 3. The lowest BCUT2D eigenvalue weighted by molar-refractivity contribution is 0.121. The van der Waals surface area contributed by atoms with Crippen LogP contribution in [0.3, 0.4) is 0 Å². The van der Waals surface area contributed by atoms with Crippen molar-refractivity contribution in [1.29, 1.82) is 0 Å². The Kier molecular flexibility index (Phi) is 4.08. The van der Waals surface area contributed by atoms with E-state index in [9.17, 15) is 9.50 Å². The van der Waals surface area contributed by atoms with Gasteiger partial charge in [-0.05, 0) is 24.8 Å². The Labute approximate surface area is 94.7 Å². The number of halogens is 2. The predicted molar refractivity (Wildman–Crippen MR) is 59.3 cm³/mol. The van der Waals surface area contributed by atoms with E-state index in [2.05, 4.69) is 0 Å². The fourth-order valence-corrected chi connectivity index (χ4v) is 1.66. The van der Waals surface area contributed by atoms with Gasteiger partial charge in [-0.2, -0.15) is 0 Å². The normalized spacial score (nSPS) is 19.1. The van der Waals surface area contributed by atoms with Crippen LogP contribution in [0.5, 0.6) is 0 Å². The Morgan fingerprint density at radius 2 is 1.93 bits per heavy atom. The molecule has 1 aromatic rings. The van der Waals surface area contributed by atoms with Gasteiger partial charge in [0.15, 0.2) is 0 Å². The van der Waals surface area contributed by atoms with E-state index in [1.807, 2.05) is 0 Å². The molecule has 2 atom stereocenters. The van der Waals surface area contributed by atoms with Crippen molar-refractivity contribution in [3.05, 3.63) is 35.6 Å². The first-order valence-electron chi connectivity index (χ1n) is 4.88. The van der Waals surface area contributed by atoms with E-state index in [0.717, 1.165) is 12.8 Å². The van der Waals surface area contributed by atoms with Crippen LogP contribution in [-0.2, 0) is 0 Å². The van der Waals surface area contributed by atoms with Crippen molar-refractivity contribution >= 4 is 12.4 Å². The third-order valence-electron chi connectivity index (χ3n) is 2.74. The molecule has 0 aliphatic heterocycles. The average molecular weight is 232 g/mol. The molecule has 0 saturated heterocycles. The first kappa shape index (κ1) is 12.4. The second-order valence-electron chi connectivity index (χ2n) is 3.88. The highest BCUT2D eigenvalue weighted by Gasteiger charge is 2.34. The molecule has 0 aromatic heterocycles. The molecular weight excluding hydrogens is 217 g/mol. The van der Waals surface area contributed by atoms with Gasteiger partial charge in [0.25, 0.3) is 0 Å². The molecule has 2 nitrogen and oxygen atoms in total. The quantitative estimate of drug-likeness (QED) is 0.836. The molecule has 1 aliphatic carbocycles. The van der Waals surface area contributed by atoms with Gasteiger partial charge in [-0.3, -0.25) is 0 Å². The summed E-state index contributed by atoms with van der Waals surface area (Å²) in [5.41, 5.74) is 6.20. The zero-order valence-electron chi connectivity index (χ0n) is 8.27. The first-order valence-corrected chi connectivity index (χ1v) is 4.88. The van der Waals surface area contributed by atoms with Gasteiger partial charge in [0.05, 0.1) is 12.1 Å². The summed E-state index contributed by atoms with van der Waals surface area (Å²) in [6, 6.07) is 5.76. The molecule has 4 heteroatoms. The maximum Gasteiger partial charge on any atom is 0.128 e. The summed E-state index contributed by atoms with van der Waals surface area (Å²) in [5.74, 6) is -0.0655. The van der Waals surface area contributed by atoms with E-state index in [1.165, 1.54) is 6.07 Å². The van der Waals surface area contributed by atoms with E-state index >= 15 is 0 Å². The van der Waals surface area contributed by atoms with Crippen LogP contribution in [0.1, 0.15) is 24.4 Å². The Balaban J connectivity index is 0.00000112. The SMILES string of the molecule is Cl.N[C@@H](c1ccccc1F)[C@H](O)C1CC1. The van der Waals surface area contributed by atoms with Crippen molar-refractivity contribution in [1.82, 2.24) is 0 Å². The van der Waals surface area contributed by atoms with Crippen molar-refractivity contribution in [2.75, 3.05) is 0 Å². The minimum atomic E-state index is -0.605. The summed E-state index contributed by atoms with van der Waals surface area (Å²) in [6.45, 7) is 0. The molecule has 1 aromatic carbocycles. The highest BCUT2D eigenvalue weighted by molar-refractivity contribution is 5.85. The maximum atomic E-state index is 13.3. The topological polar surface area (TPSA) is 46.2 Å². The second kappa shape index (κ2) is 4.92. The number of benzene rings is 1. The number of hydrogen-bond donors (Lipinski definition) is 2. The third-order valence-corrected chi connectivity index (χ3v) is 2.74. The van der Waals surface area contributed by atoms with Gasteiger partial charge in [-0.15, -0.1) is 12.4 Å². The summed E-state index contributed by atoms with van der Waals surface area (Å²) >= 11 is 0. The molecule has 2 rings (SSSR count). The molecule has 0 unspecified atom stereocenters. The van der Waals surface area contributed by atoms with Gasteiger partial charge >= 0.3 is 0 Å². The fraction of sp³-hybridized carbons (Fsp3) is 0.455. The lowest BCUT2D eigenvalue weighted by atomic mass is 9.99. The van der Waals surface area contributed by atoms with Crippen LogP contribution >= 0.6 is 12.4 Å². The molecular formula is C11H15ClFNO. The summed E-state index contributed by atoms with van der Waals surface area (Å²) in [4.78, 5) is 0. The summed E-state index contributed by atoms with van der Waals surface area (Å²) < 4.78 is 13.3. The lowest BCUT2D eigenvalue weighted by Crippen LogP contribution is -2.28. The van der Waals surface area contributed by atoms with Crippen LogP contribution in [0.4, 0.5) is 4.39 Å². The Bertz CT molecular complexity index is 330. The molecule has 1 fully saturated rings. The molecule has 0 spiro atoms. The smallest absolute Gasteiger partial charge is 0.128 e. The average Bonchev–Trinajstić information content (AvgIpc) is 3.00. The molecule has 84 valence electrons. The predicted octanol–water partition coefficient (Wildman–Crippen LogP) is 2.02. The molecule has 0 radical (unpaired) electrons. The van der Waals surface area contributed by atoms with E-state index in [1.54, 1.807) is 18.2 Å². The Hall–Kier alpha value is -0.640. The van der Waals surface area contributed by atoms with Crippen LogP contribution in [0.2, 0.25) is 0 Å². The molecule has 1 aliphatic rings. The van der Waals surface area contributed by atoms with Crippen molar-refractivity contribution in [3.8, 4) is 0 Å². The molecule has 15 heavy (non-hydrogen) atoms. The van der Waals surface area contributed by atoms with E-state index in [-0.39, 0.29) is 24.1 Å². The molecule has 0 bridgehead atoms. The standard InChI is InChI=1S/C11H14FNO.ClH/c12-9-4-2-1-3-8(9)10(13)11(14)7-5-6-7;/h1-4,7,10-11,14H,5-6,13H2;1H/t10-,11+;/m0./s1. The Morgan fingerprint density at radius 3 is 2.47 bits per heavy atom. The maximum absolute atomic E-state index is 13.3. The first-order chi connectivity index (χ1) is 6.70. The van der Waals surface area contributed by atoms with Crippen molar-refractivity contribution in [2.45, 2.75) is 25.0 Å². The van der Waals surface area contributed by atoms with Crippen LogP contribution in [0.25, 0.3) is 0 Å². The molecule has 0 heterocycles. The summed E-state index contributed by atoms with van der Waals surface area (Å²) in [7, 11) is 0. The third kappa shape index (κ3) is 2.68. The zero-order chi connectivity index (χ0) is 10.1. The van der Waals surface area contributed by atoms with Gasteiger partial charge < -0.3 is 10.8 Å². The molecule has 0 amide bonds. The van der Waals surface area contributed by atoms with Crippen LogP contribution in [0, 0.1) is 11.7 Å².